The molecule has 4 saturated carbocycles. The van der Waals surface area contributed by atoms with Gasteiger partial charge in [-0.3, -0.25) is 9.59 Å². The van der Waals surface area contributed by atoms with Crippen LogP contribution in [0.1, 0.15) is 44.1 Å². The molecule has 0 aromatic heterocycles. The van der Waals surface area contributed by atoms with Crippen LogP contribution in [0.4, 0.5) is 0 Å². The molecular weight excluding hydrogens is 316 g/mol. The quantitative estimate of drug-likeness (QED) is 0.435. The Morgan fingerprint density at radius 2 is 1.92 bits per heavy atom. The minimum atomic E-state index is -1.03. The second-order valence-electron chi connectivity index (χ2n) is 7.96. The molecule has 4 atom stereocenters. The highest BCUT2D eigenvalue weighted by Crippen LogP contribution is 2.68. The minimum Gasteiger partial charge on any atom is -0.377 e. The predicted molar refractivity (Wildman–Crippen MR) is 91.7 cm³/mol. The number of Topliss-reactive ketones (excluding diaryl/α,β-unsaturated/α-hetero) is 2. The summed E-state index contributed by atoms with van der Waals surface area (Å²) in [5.41, 5.74) is -0.652. The van der Waals surface area contributed by atoms with Crippen molar-refractivity contribution in [2.24, 2.45) is 22.7 Å². The van der Waals surface area contributed by atoms with Gasteiger partial charge in [0.25, 0.3) is 0 Å². The van der Waals surface area contributed by atoms with Crippen molar-refractivity contribution in [2.45, 2.75) is 45.1 Å². The monoisotopic (exact) mass is 340 g/mol. The van der Waals surface area contributed by atoms with E-state index in [0.29, 0.717) is 45.3 Å². The van der Waals surface area contributed by atoms with Gasteiger partial charge in [0.1, 0.15) is 17.9 Å². The maximum atomic E-state index is 12.9. The maximum absolute atomic E-state index is 12.9. The van der Waals surface area contributed by atoms with Crippen LogP contribution in [0.3, 0.4) is 0 Å². The highest BCUT2D eigenvalue weighted by Gasteiger charge is 2.73. The fourth-order valence-electron chi connectivity index (χ4n) is 5.79. The number of ether oxygens (including phenoxy) is 1. The number of hydrogen-bond acceptors (Lipinski definition) is 4. The predicted octanol–water partition coefficient (Wildman–Crippen LogP) is 3.13. The van der Waals surface area contributed by atoms with Crippen LogP contribution in [0.25, 0.3) is 0 Å². The summed E-state index contributed by atoms with van der Waals surface area (Å²) in [5.74, 6) is 0.457. The molecule has 4 aliphatic rings. The van der Waals surface area contributed by atoms with Gasteiger partial charge in [-0.25, -0.2) is 0 Å². The Labute approximate surface area is 147 Å². The van der Waals surface area contributed by atoms with E-state index in [1.807, 2.05) is 30.3 Å². The first-order valence-electron chi connectivity index (χ1n) is 9.27. The Balaban J connectivity index is 1.43. The normalized spacial score (nSPS) is 36.0. The van der Waals surface area contributed by atoms with Gasteiger partial charge in [-0.1, -0.05) is 30.3 Å². The van der Waals surface area contributed by atoms with Crippen LogP contribution in [0, 0.1) is 22.7 Å². The summed E-state index contributed by atoms with van der Waals surface area (Å²) in [4.78, 5) is 37.5. The van der Waals surface area contributed by atoms with Gasteiger partial charge in [0.2, 0.25) is 0 Å². The number of carbonyl (C=O) groups is 3. The van der Waals surface area contributed by atoms with Crippen molar-refractivity contribution in [2.75, 3.05) is 6.61 Å². The van der Waals surface area contributed by atoms with Crippen LogP contribution >= 0.6 is 0 Å². The van der Waals surface area contributed by atoms with Crippen molar-refractivity contribution in [1.82, 2.24) is 0 Å². The zero-order valence-electron chi connectivity index (χ0n) is 14.4. The van der Waals surface area contributed by atoms with Crippen molar-refractivity contribution in [1.29, 1.82) is 0 Å². The maximum Gasteiger partial charge on any atom is 0.147 e. The van der Waals surface area contributed by atoms with Crippen molar-refractivity contribution >= 4 is 17.9 Å². The van der Waals surface area contributed by atoms with Gasteiger partial charge < -0.3 is 9.53 Å². The van der Waals surface area contributed by atoms with Gasteiger partial charge in [-0.15, -0.1) is 0 Å². The molecular formula is C21H24O4. The SMILES string of the molecule is O=C[C@]12C[C@@H]3CC(=O)[C@@]1(CCCOCc1ccccc1)[C@H](CC2=O)C3. The molecule has 0 spiro atoms. The molecule has 4 heteroatoms. The standard InChI is InChI=1S/C21H24O4/c22-14-20-12-16-9-17(11-18(20)23)21(20,19(24)10-16)7-4-8-25-13-15-5-2-1-3-6-15/h1-3,5-6,14,16-17H,4,7-13H2/t16-,17-,20-,21+/m0/s1. The van der Waals surface area contributed by atoms with Crippen LogP contribution in [0.15, 0.2) is 30.3 Å². The Bertz CT molecular complexity index is 697. The number of hydrogen-bond donors (Lipinski definition) is 0. The van der Waals surface area contributed by atoms with Gasteiger partial charge in [0.05, 0.1) is 17.4 Å². The fraction of sp³-hybridized carbons (Fsp3) is 0.571. The van der Waals surface area contributed by atoms with Gasteiger partial charge in [-0.2, -0.15) is 0 Å². The molecule has 0 unspecified atom stereocenters. The average molecular weight is 340 g/mol. The summed E-state index contributed by atoms with van der Waals surface area (Å²) in [5, 5.41) is 0. The lowest BCUT2D eigenvalue weighted by Gasteiger charge is -2.54. The van der Waals surface area contributed by atoms with E-state index >= 15 is 0 Å². The summed E-state index contributed by atoms with van der Waals surface area (Å²) < 4.78 is 5.75. The molecule has 0 saturated heterocycles. The van der Waals surface area contributed by atoms with Gasteiger partial charge in [0, 0.05) is 19.4 Å². The van der Waals surface area contributed by atoms with E-state index in [9.17, 15) is 14.4 Å². The molecule has 0 radical (unpaired) electrons. The average Bonchev–Trinajstić information content (AvgIpc) is 2.77. The molecule has 132 valence electrons. The molecule has 5 rings (SSSR count). The number of ketones is 2. The molecule has 1 aromatic rings. The summed E-state index contributed by atoms with van der Waals surface area (Å²) in [7, 11) is 0. The summed E-state index contributed by atoms with van der Waals surface area (Å²) >= 11 is 0. The highest BCUT2D eigenvalue weighted by atomic mass is 16.5. The smallest absolute Gasteiger partial charge is 0.147 e. The third-order valence-electron chi connectivity index (χ3n) is 6.80. The number of aldehydes is 1. The Kier molecular flexibility index (Phi) is 4.11. The number of rotatable bonds is 7. The summed E-state index contributed by atoms with van der Waals surface area (Å²) in [6.07, 6.45) is 4.60. The molecule has 25 heavy (non-hydrogen) atoms. The summed E-state index contributed by atoms with van der Waals surface area (Å²) in [6.45, 7) is 1.09. The van der Waals surface area contributed by atoms with Gasteiger partial charge in [-0.05, 0) is 43.1 Å². The second-order valence-corrected chi connectivity index (χ2v) is 7.96. The zero-order chi connectivity index (χ0) is 17.5. The number of benzene rings is 1. The molecule has 4 nitrogen and oxygen atoms in total. The third-order valence-corrected chi connectivity index (χ3v) is 6.80. The Morgan fingerprint density at radius 3 is 2.68 bits per heavy atom. The number of carbonyl (C=O) groups excluding carboxylic acids is 3. The van der Waals surface area contributed by atoms with E-state index in [1.54, 1.807) is 0 Å². The lowest BCUT2D eigenvalue weighted by atomic mass is 9.45. The molecule has 4 fully saturated rings. The largest absolute Gasteiger partial charge is 0.377 e. The minimum absolute atomic E-state index is 0.00764. The van der Waals surface area contributed by atoms with E-state index < -0.39 is 10.8 Å². The first-order valence-corrected chi connectivity index (χ1v) is 9.27. The van der Waals surface area contributed by atoms with Crippen molar-refractivity contribution in [3.8, 4) is 0 Å². The van der Waals surface area contributed by atoms with Crippen molar-refractivity contribution in [3.63, 3.8) is 0 Å². The van der Waals surface area contributed by atoms with Gasteiger partial charge >= 0.3 is 0 Å². The van der Waals surface area contributed by atoms with Crippen LogP contribution < -0.4 is 0 Å². The molecule has 0 heterocycles. The van der Waals surface area contributed by atoms with Crippen LogP contribution in [-0.2, 0) is 25.7 Å². The van der Waals surface area contributed by atoms with E-state index in [2.05, 4.69) is 0 Å². The van der Waals surface area contributed by atoms with E-state index in [0.717, 1.165) is 18.3 Å². The first kappa shape index (κ1) is 16.6. The summed E-state index contributed by atoms with van der Waals surface area (Å²) in [6, 6.07) is 9.97. The lowest BCUT2D eigenvalue weighted by Crippen LogP contribution is -2.59. The highest BCUT2D eigenvalue weighted by molar-refractivity contribution is 6.10. The second kappa shape index (κ2) is 6.17. The first-order chi connectivity index (χ1) is 12.1. The van der Waals surface area contributed by atoms with Crippen LogP contribution in [0.2, 0.25) is 0 Å². The lowest BCUT2D eigenvalue weighted by molar-refractivity contribution is -0.166. The molecule has 0 amide bonds. The third kappa shape index (κ3) is 2.34. The van der Waals surface area contributed by atoms with E-state index in [4.69, 9.17) is 4.74 Å². The molecule has 4 aliphatic carbocycles. The molecule has 4 bridgehead atoms. The Hall–Kier alpha value is -1.81. The zero-order valence-corrected chi connectivity index (χ0v) is 14.4. The van der Waals surface area contributed by atoms with E-state index in [1.165, 1.54) is 0 Å². The molecule has 0 N–H and O–H groups in total. The molecule has 1 aromatic carbocycles. The number of fused-ring (bicyclic) bond motifs is 1. The van der Waals surface area contributed by atoms with E-state index in [-0.39, 0.29) is 23.4 Å². The topological polar surface area (TPSA) is 60.4 Å². The van der Waals surface area contributed by atoms with Crippen LogP contribution in [0.5, 0.6) is 0 Å². The van der Waals surface area contributed by atoms with Crippen molar-refractivity contribution < 1.29 is 19.1 Å². The Morgan fingerprint density at radius 1 is 1.12 bits per heavy atom. The fourth-order valence-corrected chi connectivity index (χ4v) is 5.79. The van der Waals surface area contributed by atoms with Gasteiger partial charge in [0.15, 0.2) is 0 Å². The molecule has 0 aliphatic heterocycles. The van der Waals surface area contributed by atoms with Crippen LogP contribution in [-0.4, -0.2) is 24.5 Å². The van der Waals surface area contributed by atoms with Crippen molar-refractivity contribution in [3.05, 3.63) is 35.9 Å².